The van der Waals surface area contributed by atoms with Crippen molar-refractivity contribution in [3.63, 3.8) is 0 Å². The monoisotopic (exact) mass is 372 g/mol. The summed E-state index contributed by atoms with van der Waals surface area (Å²) in [4.78, 5) is 0. The Labute approximate surface area is 160 Å². The van der Waals surface area contributed by atoms with Crippen LogP contribution in [0.5, 0.6) is 11.5 Å². The number of hydrogen-bond donors (Lipinski definition) is 4. The number of rotatable bonds is 1. The van der Waals surface area contributed by atoms with E-state index in [0.29, 0.717) is 11.3 Å². The largest absolute Gasteiger partial charge is 0.504 e. The van der Waals surface area contributed by atoms with E-state index in [1.165, 1.54) is 12.5 Å². The zero-order chi connectivity index (χ0) is 19.7. The minimum atomic E-state index is -1.92. The fourth-order valence-electron chi connectivity index (χ4n) is 6.10. The van der Waals surface area contributed by atoms with Crippen LogP contribution >= 0.6 is 0 Å². The molecule has 146 valence electrons. The molecule has 27 heavy (non-hydrogen) atoms. The maximum absolute atomic E-state index is 10.3. The highest BCUT2D eigenvalue weighted by atomic mass is 16.4. The Balaban J connectivity index is 2.08. The van der Waals surface area contributed by atoms with Crippen molar-refractivity contribution in [2.75, 3.05) is 0 Å². The van der Waals surface area contributed by atoms with Crippen LogP contribution in [0.1, 0.15) is 77.0 Å². The molecule has 0 radical (unpaired) electrons. The molecule has 2 aromatic rings. The first kappa shape index (κ1) is 18.7. The molecule has 2 unspecified atom stereocenters. The molecule has 1 fully saturated rings. The van der Waals surface area contributed by atoms with Gasteiger partial charge in [-0.3, -0.25) is 0 Å². The molecule has 5 nitrogen and oxygen atoms in total. The summed E-state index contributed by atoms with van der Waals surface area (Å²) in [6, 6.07) is 1.53. The van der Waals surface area contributed by atoms with E-state index < -0.39 is 12.9 Å². The molecule has 0 bridgehead atoms. The van der Waals surface area contributed by atoms with Crippen LogP contribution in [0, 0.1) is 11.3 Å². The van der Waals surface area contributed by atoms with Gasteiger partial charge in [0, 0.05) is 16.9 Å². The van der Waals surface area contributed by atoms with Crippen LogP contribution in [0.4, 0.5) is 0 Å². The van der Waals surface area contributed by atoms with Gasteiger partial charge in [-0.2, -0.15) is 0 Å². The molecule has 1 heterocycles. The van der Waals surface area contributed by atoms with Crippen molar-refractivity contribution in [3.8, 4) is 11.5 Å². The summed E-state index contributed by atoms with van der Waals surface area (Å²) < 4.78 is 6.20. The lowest BCUT2D eigenvalue weighted by Gasteiger charge is -2.50. The Bertz CT molecular complexity index is 900. The van der Waals surface area contributed by atoms with E-state index in [1.807, 2.05) is 0 Å². The van der Waals surface area contributed by atoms with E-state index in [2.05, 4.69) is 27.7 Å². The van der Waals surface area contributed by atoms with E-state index in [4.69, 9.17) is 4.42 Å². The molecule has 4 N–H and O–H groups in total. The van der Waals surface area contributed by atoms with Crippen LogP contribution in [-0.2, 0) is 5.41 Å². The lowest BCUT2D eigenvalue weighted by molar-refractivity contribution is 0.0504. The van der Waals surface area contributed by atoms with Crippen LogP contribution in [0.2, 0.25) is 0 Å². The predicted molar refractivity (Wildman–Crippen MR) is 105 cm³/mol. The second-order valence-corrected chi connectivity index (χ2v) is 9.54. The molecule has 1 aromatic heterocycles. The number of phenolic OH excluding ortho intramolecular Hbond substituents is 2. The molecule has 6 heteroatoms. The molecule has 3 atom stereocenters. The average molecular weight is 372 g/mol. The van der Waals surface area contributed by atoms with Gasteiger partial charge >= 0.3 is 7.12 Å². The Morgan fingerprint density at radius 2 is 1.81 bits per heavy atom. The SMILES string of the molecule is CC1CCC2C(C)(C)CCC[C@@]2(C)c2c1oc1c(B(O)O)c(O)c(O)cc21. The zero-order valence-corrected chi connectivity index (χ0v) is 16.5. The number of furan rings is 1. The van der Waals surface area contributed by atoms with Crippen molar-refractivity contribution in [3.05, 3.63) is 17.4 Å². The highest BCUT2D eigenvalue weighted by Gasteiger charge is 2.51. The maximum atomic E-state index is 10.3. The second-order valence-electron chi connectivity index (χ2n) is 9.54. The summed E-state index contributed by atoms with van der Waals surface area (Å²) in [6.45, 7) is 9.13. The van der Waals surface area contributed by atoms with E-state index in [1.54, 1.807) is 0 Å². The van der Waals surface area contributed by atoms with Gasteiger partial charge in [-0.1, -0.05) is 34.1 Å². The van der Waals surface area contributed by atoms with Crippen LogP contribution in [0.3, 0.4) is 0 Å². The summed E-state index contributed by atoms with van der Waals surface area (Å²) in [6.07, 6.45) is 5.48. The molecular weight excluding hydrogens is 343 g/mol. The van der Waals surface area contributed by atoms with E-state index in [0.717, 1.165) is 37.0 Å². The normalized spacial score (nSPS) is 29.9. The summed E-state index contributed by atoms with van der Waals surface area (Å²) in [5.41, 5.74) is 1.30. The van der Waals surface area contributed by atoms with Gasteiger partial charge in [-0.05, 0) is 48.5 Å². The highest BCUT2D eigenvalue weighted by molar-refractivity contribution is 6.63. The maximum Gasteiger partial charge on any atom is 0.496 e. The van der Waals surface area contributed by atoms with E-state index >= 15 is 0 Å². The minimum absolute atomic E-state index is 0.117. The Hall–Kier alpha value is -1.66. The molecule has 0 aliphatic heterocycles. The number of fused-ring (bicyclic) bond motifs is 5. The highest BCUT2D eigenvalue weighted by Crippen LogP contribution is 2.59. The summed E-state index contributed by atoms with van der Waals surface area (Å²) >= 11 is 0. The van der Waals surface area contributed by atoms with Gasteiger partial charge in [0.1, 0.15) is 11.3 Å². The third kappa shape index (κ3) is 2.53. The summed E-state index contributed by atoms with van der Waals surface area (Å²) in [7, 11) is -1.92. The lowest BCUT2D eigenvalue weighted by Crippen LogP contribution is -2.44. The lowest BCUT2D eigenvalue weighted by atomic mass is 9.53. The molecule has 2 aliphatic carbocycles. The molecule has 0 saturated heterocycles. The molecular formula is C21H29BO5. The van der Waals surface area contributed by atoms with Crippen LogP contribution in [-0.4, -0.2) is 27.4 Å². The van der Waals surface area contributed by atoms with Crippen molar-refractivity contribution < 1.29 is 24.7 Å². The van der Waals surface area contributed by atoms with Crippen LogP contribution in [0.25, 0.3) is 11.0 Å². The van der Waals surface area contributed by atoms with Gasteiger partial charge in [0.25, 0.3) is 0 Å². The minimum Gasteiger partial charge on any atom is -0.504 e. The number of benzene rings is 1. The first-order chi connectivity index (χ1) is 12.6. The first-order valence-corrected chi connectivity index (χ1v) is 9.95. The number of hydrogen-bond acceptors (Lipinski definition) is 5. The standard InChI is InChI=1S/C21H29BO5/c1-11-6-7-14-20(2,3)8-5-9-21(14,4)15-12-10-13(23)17(24)16(22(25)26)19(12)27-18(11)15/h10-11,14,23-26H,5-9H2,1-4H3/t11?,14?,21-/m1/s1. The summed E-state index contributed by atoms with van der Waals surface area (Å²) in [5.74, 6) is 0.654. The van der Waals surface area contributed by atoms with Crippen LogP contribution in [0.15, 0.2) is 10.5 Å². The van der Waals surface area contributed by atoms with Crippen molar-refractivity contribution in [2.45, 2.75) is 71.1 Å². The molecule has 0 spiro atoms. The third-order valence-corrected chi connectivity index (χ3v) is 7.39. The predicted octanol–water partition coefficient (Wildman–Crippen LogP) is 3.51. The Kier molecular flexibility index (Phi) is 4.10. The van der Waals surface area contributed by atoms with Crippen molar-refractivity contribution in [2.24, 2.45) is 11.3 Å². The van der Waals surface area contributed by atoms with Gasteiger partial charge in [-0.25, -0.2) is 0 Å². The van der Waals surface area contributed by atoms with Crippen molar-refractivity contribution >= 4 is 23.6 Å². The third-order valence-electron chi connectivity index (χ3n) is 7.39. The molecule has 1 saturated carbocycles. The molecule has 2 aliphatic rings. The van der Waals surface area contributed by atoms with E-state index in [9.17, 15) is 20.3 Å². The summed E-state index contributed by atoms with van der Waals surface area (Å²) in [5, 5.41) is 40.8. The molecule has 4 rings (SSSR count). The Morgan fingerprint density at radius 1 is 1.11 bits per heavy atom. The van der Waals surface area contributed by atoms with Crippen LogP contribution < -0.4 is 5.46 Å². The first-order valence-electron chi connectivity index (χ1n) is 9.95. The van der Waals surface area contributed by atoms with Gasteiger partial charge in [0.05, 0.1) is 5.46 Å². The van der Waals surface area contributed by atoms with Gasteiger partial charge in [0.2, 0.25) is 0 Å². The fourth-order valence-corrected chi connectivity index (χ4v) is 6.10. The zero-order valence-electron chi connectivity index (χ0n) is 16.5. The van der Waals surface area contributed by atoms with E-state index in [-0.39, 0.29) is 33.5 Å². The van der Waals surface area contributed by atoms with Gasteiger partial charge < -0.3 is 24.7 Å². The second kappa shape index (κ2) is 5.92. The molecule has 1 aromatic carbocycles. The molecule has 0 amide bonds. The van der Waals surface area contributed by atoms with Crippen molar-refractivity contribution in [1.29, 1.82) is 0 Å². The van der Waals surface area contributed by atoms with Crippen molar-refractivity contribution in [1.82, 2.24) is 0 Å². The Morgan fingerprint density at radius 3 is 2.48 bits per heavy atom. The fraction of sp³-hybridized carbons (Fsp3) is 0.619. The smallest absolute Gasteiger partial charge is 0.496 e. The van der Waals surface area contributed by atoms with Gasteiger partial charge in [0.15, 0.2) is 11.5 Å². The van der Waals surface area contributed by atoms with Gasteiger partial charge in [-0.15, -0.1) is 0 Å². The topological polar surface area (TPSA) is 94.1 Å². The average Bonchev–Trinajstić information content (AvgIpc) is 2.88. The number of phenols is 2. The quantitative estimate of drug-likeness (QED) is 0.454. The number of aromatic hydroxyl groups is 2.